The van der Waals surface area contributed by atoms with E-state index in [9.17, 15) is 24.3 Å². The fraction of sp³-hybridized carbons (Fsp3) is 0.389. The first-order chi connectivity index (χ1) is 33.2. The third-order valence-corrected chi connectivity index (χ3v) is 12.8. The molecule has 0 atom stereocenters. The number of aryl methyl sites for hydroxylation is 1. The molecule has 1 aromatic heterocycles. The molecule has 2 spiro atoms. The van der Waals surface area contributed by atoms with Crippen LogP contribution in [0.3, 0.4) is 0 Å². The normalized spacial score (nSPS) is 16.8. The van der Waals surface area contributed by atoms with Gasteiger partial charge in [-0.3, -0.25) is 19.3 Å². The lowest BCUT2D eigenvalue weighted by Crippen LogP contribution is -2.53. The summed E-state index contributed by atoms with van der Waals surface area (Å²) in [6.07, 6.45) is 4.87. The molecule has 0 unspecified atom stereocenters. The van der Waals surface area contributed by atoms with Crippen LogP contribution in [0.1, 0.15) is 93.8 Å². The maximum Gasteiger partial charge on any atom is 0.410 e. The number of carbonyl (C=O) groups is 4. The van der Waals surface area contributed by atoms with Crippen LogP contribution in [0.15, 0.2) is 127 Å². The van der Waals surface area contributed by atoms with Gasteiger partial charge >= 0.3 is 12.2 Å². The third-order valence-electron chi connectivity index (χ3n) is 12.8. The number of nitrogens with zero attached hydrogens (tertiary/aromatic N) is 5. The van der Waals surface area contributed by atoms with E-state index in [1.807, 2.05) is 124 Å². The molecule has 15 heteroatoms. The molecule has 4 aliphatic heterocycles. The van der Waals surface area contributed by atoms with Gasteiger partial charge in [-0.15, -0.1) is 0 Å². The van der Waals surface area contributed by atoms with Gasteiger partial charge in [-0.1, -0.05) is 106 Å². The predicted octanol–water partition coefficient (Wildman–Crippen LogP) is 9.61. The zero-order chi connectivity index (χ0) is 49.2. The Labute approximate surface area is 404 Å². The van der Waals surface area contributed by atoms with Crippen molar-refractivity contribution in [2.45, 2.75) is 97.7 Å². The number of ketones is 1. The third kappa shape index (κ3) is 11.6. The van der Waals surface area contributed by atoms with Crippen molar-refractivity contribution in [1.29, 1.82) is 0 Å². The monoisotopic (exact) mass is 940 g/mol. The molecular formula is C54H64N6O9. The highest BCUT2D eigenvalue weighted by Crippen LogP contribution is 2.49. The summed E-state index contributed by atoms with van der Waals surface area (Å²) in [5, 5.41) is 15.6. The fourth-order valence-electron chi connectivity index (χ4n) is 8.99. The molecule has 15 nitrogen and oxygen atoms in total. The second-order valence-corrected chi connectivity index (χ2v) is 18.8. The van der Waals surface area contributed by atoms with Crippen molar-refractivity contribution < 1.29 is 43.2 Å². The minimum absolute atomic E-state index is 0.0139. The number of likely N-dealkylation sites (tertiary alicyclic amines) is 2. The van der Waals surface area contributed by atoms with Crippen molar-refractivity contribution in [3.05, 3.63) is 149 Å². The van der Waals surface area contributed by atoms with E-state index in [0.717, 1.165) is 46.5 Å². The Morgan fingerprint density at radius 1 is 0.725 bits per heavy atom. The van der Waals surface area contributed by atoms with Crippen LogP contribution in [0, 0.1) is 5.41 Å². The Hall–Kier alpha value is -7.13. The van der Waals surface area contributed by atoms with Gasteiger partial charge in [0.1, 0.15) is 35.9 Å². The lowest BCUT2D eigenvalue weighted by atomic mass is 9.78. The number of para-hydroxylation sites is 2. The summed E-state index contributed by atoms with van der Waals surface area (Å²) < 4.78 is 25.7. The van der Waals surface area contributed by atoms with Gasteiger partial charge in [-0.25, -0.2) is 15.4 Å². The first-order valence-corrected chi connectivity index (χ1v) is 23.7. The molecule has 2 saturated heterocycles. The van der Waals surface area contributed by atoms with Crippen LogP contribution in [-0.4, -0.2) is 91.9 Å². The molecule has 5 aromatic rings. The number of benzene rings is 4. The van der Waals surface area contributed by atoms with E-state index in [-0.39, 0.29) is 35.4 Å². The number of rotatable bonds is 7. The Balaban J connectivity index is 0.000000169. The fourth-order valence-corrected chi connectivity index (χ4v) is 8.99. The Kier molecular flexibility index (Phi) is 15.8. The minimum atomic E-state index is -0.920. The summed E-state index contributed by atoms with van der Waals surface area (Å²) in [4.78, 5) is 52.3. The molecule has 5 heterocycles. The molecule has 0 radical (unpaired) electrons. The van der Waals surface area contributed by atoms with E-state index in [1.54, 1.807) is 28.0 Å². The van der Waals surface area contributed by atoms with Crippen molar-refractivity contribution in [3.63, 3.8) is 0 Å². The first-order valence-electron chi connectivity index (χ1n) is 23.7. The number of carbonyl (C=O) groups excluding carboxylic acids is 4. The largest absolute Gasteiger partial charge is 0.515 e. The highest BCUT2D eigenvalue weighted by Gasteiger charge is 2.49. The maximum absolute atomic E-state index is 12.8. The van der Waals surface area contributed by atoms with Crippen LogP contribution < -0.4 is 15.3 Å². The Morgan fingerprint density at radius 2 is 1.19 bits per heavy atom. The molecule has 3 amide bonds. The molecule has 3 N–H and O–H groups in total. The lowest BCUT2D eigenvalue weighted by Gasteiger charge is -2.44. The van der Waals surface area contributed by atoms with Gasteiger partial charge in [0.25, 0.3) is 0 Å². The number of piperidine rings is 2. The Morgan fingerprint density at radius 3 is 1.68 bits per heavy atom. The number of aliphatic hydroxyl groups excluding tert-OH is 1. The first kappa shape index (κ1) is 49.8. The average molecular weight is 941 g/mol. The van der Waals surface area contributed by atoms with Crippen molar-refractivity contribution >= 4 is 23.9 Å². The van der Waals surface area contributed by atoms with Gasteiger partial charge in [-0.2, -0.15) is 5.10 Å². The molecule has 0 aliphatic carbocycles. The number of amides is 3. The molecule has 69 heavy (non-hydrogen) atoms. The second kappa shape index (κ2) is 21.9. The quantitative estimate of drug-likeness (QED) is 0.0522. The van der Waals surface area contributed by atoms with E-state index >= 15 is 0 Å². The van der Waals surface area contributed by atoms with Gasteiger partial charge in [0.15, 0.2) is 5.78 Å². The zero-order valence-corrected chi connectivity index (χ0v) is 40.3. The molecule has 0 bridgehead atoms. The highest BCUT2D eigenvalue weighted by molar-refractivity contribution is 6.12. The molecule has 0 saturated carbocycles. The van der Waals surface area contributed by atoms with Gasteiger partial charge in [0, 0.05) is 82.5 Å². The van der Waals surface area contributed by atoms with Crippen LogP contribution >= 0.6 is 0 Å². The number of Topliss-reactive ketones (excluding diaryl/α,β-unsaturated/α-hetero) is 1. The number of aromatic nitrogens is 2. The molecule has 9 rings (SSSR count). The topological polar surface area (TPSA) is 179 Å². The predicted molar refractivity (Wildman–Crippen MR) is 261 cm³/mol. The van der Waals surface area contributed by atoms with Crippen LogP contribution in [0.4, 0.5) is 9.59 Å². The minimum Gasteiger partial charge on any atom is -0.515 e. The van der Waals surface area contributed by atoms with E-state index in [4.69, 9.17) is 24.8 Å². The molecule has 364 valence electrons. The summed E-state index contributed by atoms with van der Waals surface area (Å²) in [6, 6.07) is 34.4. The summed E-state index contributed by atoms with van der Waals surface area (Å²) in [5.74, 6) is 6.59. The van der Waals surface area contributed by atoms with E-state index in [2.05, 4.69) is 18.1 Å². The summed E-state index contributed by atoms with van der Waals surface area (Å²) in [6.45, 7) is 13.8. The van der Waals surface area contributed by atoms with Crippen molar-refractivity contribution in [2.75, 3.05) is 32.7 Å². The summed E-state index contributed by atoms with van der Waals surface area (Å²) in [5.41, 5.74) is 4.60. The van der Waals surface area contributed by atoms with E-state index < -0.39 is 17.3 Å². The van der Waals surface area contributed by atoms with Gasteiger partial charge in [0.2, 0.25) is 5.91 Å². The molecule has 2 fully saturated rings. The maximum atomic E-state index is 12.8. The SMILES string of the molecule is CCN(N)C(=O)CC(C)(C)C.CCn1ncc2c1-c1ccccc1OC21CCN(C(=O)OCc2ccccc2)CC1.O=C1/C(=C\O)C2(CCN(C(=O)OCc3ccccc3)CC2)Oc2ccccc21. The Bertz CT molecular complexity index is 2590. The van der Waals surface area contributed by atoms with Crippen LogP contribution in [0.5, 0.6) is 11.5 Å². The highest BCUT2D eigenvalue weighted by atomic mass is 16.6. The van der Waals surface area contributed by atoms with Crippen LogP contribution in [-0.2, 0) is 39.6 Å². The van der Waals surface area contributed by atoms with Crippen molar-refractivity contribution in [2.24, 2.45) is 11.3 Å². The van der Waals surface area contributed by atoms with Crippen molar-refractivity contribution in [3.8, 4) is 22.8 Å². The second-order valence-electron chi connectivity index (χ2n) is 18.8. The van der Waals surface area contributed by atoms with E-state index in [1.165, 1.54) is 5.01 Å². The number of fused-ring (bicyclic) bond motifs is 5. The smallest absolute Gasteiger partial charge is 0.410 e. The van der Waals surface area contributed by atoms with Gasteiger partial charge < -0.3 is 33.9 Å². The standard InChI is InChI=1S/C24H25N3O3.C22H21NO5.C8H18N2O/c1-2-27-22-19-10-6-7-11-21(19)30-24(20(22)16-25-27)12-14-26(15-13-24)23(28)29-17-18-8-4-3-5-9-18;24-14-18-20(25)17-8-4-5-9-19(17)28-22(18)10-12-23(13-11-22)21(26)27-15-16-6-2-1-3-7-16;1-5-10(9)7(11)6-8(2,3)4/h3-11,16H,2,12-15,17H2,1H3;1-9,14,24H,10-13,15H2;5-6,9H2,1-4H3/b;18-14+;. The summed E-state index contributed by atoms with van der Waals surface area (Å²) >= 11 is 0. The van der Waals surface area contributed by atoms with Crippen LogP contribution in [0.25, 0.3) is 11.3 Å². The molecule has 4 aromatic carbocycles. The van der Waals surface area contributed by atoms with Gasteiger partial charge in [0.05, 0.1) is 29.3 Å². The average Bonchev–Trinajstić information content (AvgIpc) is 3.82. The number of hydrogen-bond donors (Lipinski definition) is 2. The number of aliphatic hydroxyl groups is 1. The molecular weight excluding hydrogens is 877 g/mol. The lowest BCUT2D eigenvalue weighted by molar-refractivity contribution is -0.133. The van der Waals surface area contributed by atoms with Gasteiger partial charge in [-0.05, 0) is 54.7 Å². The molecule has 4 aliphatic rings. The zero-order valence-electron chi connectivity index (χ0n) is 40.3. The number of ether oxygens (including phenoxy) is 4. The number of hydrogen-bond acceptors (Lipinski definition) is 11. The van der Waals surface area contributed by atoms with E-state index in [0.29, 0.717) is 82.7 Å². The van der Waals surface area contributed by atoms with Crippen LogP contribution in [0.2, 0.25) is 0 Å². The number of hydrazine groups is 1. The van der Waals surface area contributed by atoms with Crippen molar-refractivity contribution in [1.82, 2.24) is 24.6 Å². The number of nitrogens with two attached hydrogens (primary N) is 1. The summed E-state index contributed by atoms with van der Waals surface area (Å²) in [7, 11) is 0.